The molecule has 0 fully saturated rings. The fourth-order valence-corrected chi connectivity index (χ4v) is 4.26. The van der Waals surface area contributed by atoms with Gasteiger partial charge in [0.1, 0.15) is 0 Å². The maximum absolute atomic E-state index is 12.7. The van der Waals surface area contributed by atoms with Crippen molar-refractivity contribution >= 4 is 21.1 Å². The zero-order valence-electron chi connectivity index (χ0n) is 13.8. The van der Waals surface area contributed by atoms with Crippen LogP contribution in [0.2, 0.25) is 0 Å². The van der Waals surface area contributed by atoms with Crippen molar-refractivity contribution < 1.29 is 8.42 Å². The highest BCUT2D eigenvalue weighted by Crippen LogP contribution is 2.31. The first-order valence-electron chi connectivity index (χ1n) is 7.71. The molecule has 1 aromatic heterocycles. The van der Waals surface area contributed by atoms with Crippen molar-refractivity contribution in [1.82, 2.24) is 19.2 Å². The topological polar surface area (TPSA) is 106 Å². The smallest absolute Gasteiger partial charge is 0.314 e. The third kappa shape index (κ3) is 2.58. The fourth-order valence-electron chi connectivity index (χ4n) is 3.06. The largest absolute Gasteiger partial charge is 0.316 e. The Labute approximate surface area is 139 Å². The maximum atomic E-state index is 12.7. The van der Waals surface area contributed by atoms with Crippen LogP contribution in [0.3, 0.4) is 0 Å². The number of benzene rings is 1. The predicted molar refractivity (Wildman–Crippen MR) is 90.7 cm³/mol. The summed E-state index contributed by atoms with van der Waals surface area (Å²) in [6.45, 7) is 4.12. The van der Waals surface area contributed by atoms with Crippen LogP contribution in [0.4, 0.5) is 0 Å². The van der Waals surface area contributed by atoms with Crippen LogP contribution < -0.4 is 11.1 Å². The molecule has 0 radical (unpaired) electrons. The molecule has 1 aliphatic rings. The Hall–Kier alpha value is -1.97. The lowest BCUT2D eigenvalue weighted by molar-refractivity contribution is 0.267. The Bertz CT molecular complexity index is 1020. The summed E-state index contributed by atoms with van der Waals surface area (Å²) in [6, 6.07) is 1.45. The van der Waals surface area contributed by atoms with Crippen LogP contribution in [0, 0.1) is 0 Å². The monoisotopic (exact) mass is 352 g/mol. The summed E-state index contributed by atoms with van der Waals surface area (Å²) < 4.78 is 26.6. The van der Waals surface area contributed by atoms with E-state index in [2.05, 4.69) is 14.9 Å². The van der Waals surface area contributed by atoms with E-state index in [0.717, 1.165) is 23.0 Å². The quantitative estimate of drug-likeness (QED) is 0.747. The Kier molecular flexibility index (Phi) is 4.10. The molecule has 130 valence electrons. The summed E-state index contributed by atoms with van der Waals surface area (Å²) in [5.41, 5.74) is 0.778. The normalized spacial score (nSPS) is 15.8. The van der Waals surface area contributed by atoms with Gasteiger partial charge in [-0.3, -0.25) is 14.5 Å². The van der Waals surface area contributed by atoms with Crippen molar-refractivity contribution in [3.8, 4) is 0 Å². The van der Waals surface area contributed by atoms with Gasteiger partial charge in [-0.05, 0) is 30.2 Å². The van der Waals surface area contributed by atoms with E-state index < -0.39 is 21.1 Å². The Morgan fingerprint density at radius 1 is 1.17 bits per heavy atom. The first-order valence-corrected chi connectivity index (χ1v) is 9.15. The number of H-pyrrole nitrogens is 2. The lowest BCUT2D eigenvalue weighted by Gasteiger charge is -2.30. The highest BCUT2D eigenvalue weighted by atomic mass is 32.2. The van der Waals surface area contributed by atoms with Gasteiger partial charge in [-0.2, -0.15) is 0 Å². The molecular weight excluding hydrogens is 332 g/mol. The first kappa shape index (κ1) is 16.9. The van der Waals surface area contributed by atoms with E-state index in [0.29, 0.717) is 29.6 Å². The van der Waals surface area contributed by atoms with Gasteiger partial charge in [-0.25, -0.2) is 12.7 Å². The zero-order valence-corrected chi connectivity index (χ0v) is 14.7. The maximum Gasteiger partial charge on any atom is 0.314 e. The number of hydrogen-bond donors (Lipinski definition) is 2. The van der Waals surface area contributed by atoms with E-state index in [-0.39, 0.29) is 4.90 Å². The Morgan fingerprint density at radius 2 is 1.83 bits per heavy atom. The second-order valence-corrected chi connectivity index (χ2v) is 8.19. The van der Waals surface area contributed by atoms with Crippen LogP contribution in [-0.2, 0) is 23.0 Å². The molecule has 8 nitrogen and oxygen atoms in total. The second kappa shape index (κ2) is 5.83. The summed E-state index contributed by atoms with van der Waals surface area (Å²) >= 11 is 0. The van der Waals surface area contributed by atoms with Gasteiger partial charge in [-0.1, -0.05) is 6.92 Å². The lowest BCUT2D eigenvalue weighted by Crippen LogP contribution is -2.35. The van der Waals surface area contributed by atoms with Crippen LogP contribution in [0.1, 0.15) is 18.1 Å². The van der Waals surface area contributed by atoms with Crippen molar-refractivity contribution in [3.05, 3.63) is 37.9 Å². The third-order valence-corrected chi connectivity index (χ3v) is 6.35. The van der Waals surface area contributed by atoms with Gasteiger partial charge < -0.3 is 9.97 Å². The summed E-state index contributed by atoms with van der Waals surface area (Å²) in [7, 11) is -0.706. The molecule has 0 aliphatic carbocycles. The van der Waals surface area contributed by atoms with Gasteiger partial charge in [0.25, 0.3) is 0 Å². The number of aromatic nitrogens is 2. The van der Waals surface area contributed by atoms with Gasteiger partial charge >= 0.3 is 11.1 Å². The summed E-state index contributed by atoms with van der Waals surface area (Å²) in [6.07, 6.45) is 0.572. The number of nitrogens with zero attached hydrogens (tertiary/aromatic N) is 2. The number of nitrogens with one attached hydrogen (secondary N) is 2. The average molecular weight is 352 g/mol. The second-order valence-electron chi connectivity index (χ2n) is 6.07. The fraction of sp³-hybridized carbons (Fsp3) is 0.467. The SMILES string of the molecule is CCN1CCc2c(S(=O)(=O)N(C)C)cc3[nH]c(=O)c(=O)[nH]c3c2C1. The van der Waals surface area contributed by atoms with Crippen molar-refractivity contribution in [2.24, 2.45) is 0 Å². The van der Waals surface area contributed by atoms with Crippen LogP contribution >= 0.6 is 0 Å². The van der Waals surface area contributed by atoms with E-state index >= 15 is 0 Å². The molecule has 0 spiro atoms. The van der Waals surface area contributed by atoms with E-state index in [4.69, 9.17) is 0 Å². The number of aromatic amines is 2. The number of likely N-dealkylation sites (N-methyl/N-ethyl adjacent to an activating group) is 1. The Morgan fingerprint density at radius 3 is 2.46 bits per heavy atom. The molecular formula is C15H20N4O4S. The minimum Gasteiger partial charge on any atom is -0.316 e. The van der Waals surface area contributed by atoms with E-state index in [1.165, 1.54) is 20.2 Å². The number of hydrogen-bond acceptors (Lipinski definition) is 5. The van der Waals surface area contributed by atoms with E-state index in [1.54, 1.807) is 0 Å². The minimum atomic E-state index is -3.66. The molecule has 0 saturated carbocycles. The molecule has 1 aliphatic heterocycles. The third-order valence-electron chi connectivity index (χ3n) is 4.47. The van der Waals surface area contributed by atoms with Crippen molar-refractivity contribution in [2.75, 3.05) is 27.2 Å². The average Bonchev–Trinajstić information content (AvgIpc) is 2.54. The first-order chi connectivity index (χ1) is 11.3. The van der Waals surface area contributed by atoms with Crippen LogP contribution in [0.25, 0.3) is 11.0 Å². The molecule has 9 heteroatoms. The van der Waals surface area contributed by atoms with E-state index in [1.807, 2.05) is 6.92 Å². The Balaban J connectivity index is 2.42. The highest BCUT2D eigenvalue weighted by Gasteiger charge is 2.28. The van der Waals surface area contributed by atoms with Gasteiger partial charge in [0.15, 0.2) is 0 Å². The van der Waals surface area contributed by atoms with Gasteiger partial charge in [0.2, 0.25) is 10.0 Å². The summed E-state index contributed by atoms with van der Waals surface area (Å²) in [5, 5.41) is 0. The number of sulfonamides is 1. The van der Waals surface area contributed by atoms with Gasteiger partial charge in [-0.15, -0.1) is 0 Å². The highest BCUT2D eigenvalue weighted by molar-refractivity contribution is 7.89. The zero-order chi connectivity index (χ0) is 17.6. The molecule has 2 heterocycles. The molecule has 0 bridgehead atoms. The number of rotatable bonds is 3. The summed E-state index contributed by atoms with van der Waals surface area (Å²) in [4.78, 5) is 30.8. The molecule has 1 aromatic carbocycles. The van der Waals surface area contributed by atoms with Crippen LogP contribution in [0.5, 0.6) is 0 Å². The predicted octanol–water partition coefficient (Wildman–Crippen LogP) is -0.155. The van der Waals surface area contributed by atoms with Gasteiger partial charge in [0.05, 0.1) is 15.9 Å². The lowest BCUT2D eigenvalue weighted by atomic mass is 9.98. The minimum absolute atomic E-state index is 0.188. The number of fused-ring (bicyclic) bond motifs is 3. The summed E-state index contributed by atoms with van der Waals surface area (Å²) in [5.74, 6) is 0. The molecule has 24 heavy (non-hydrogen) atoms. The van der Waals surface area contributed by atoms with Crippen molar-refractivity contribution in [1.29, 1.82) is 0 Å². The van der Waals surface area contributed by atoms with Gasteiger partial charge in [0, 0.05) is 27.2 Å². The van der Waals surface area contributed by atoms with Crippen molar-refractivity contribution in [3.63, 3.8) is 0 Å². The molecule has 3 rings (SSSR count). The molecule has 0 unspecified atom stereocenters. The van der Waals surface area contributed by atoms with Crippen molar-refractivity contribution in [2.45, 2.75) is 24.8 Å². The molecule has 0 amide bonds. The molecule has 0 atom stereocenters. The molecule has 2 aromatic rings. The van der Waals surface area contributed by atoms with Crippen LogP contribution in [0.15, 0.2) is 20.6 Å². The molecule has 0 saturated heterocycles. The van der Waals surface area contributed by atoms with E-state index in [9.17, 15) is 18.0 Å². The van der Waals surface area contributed by atoms with Crippen LogP contribution in [-0.4, -0.2) is 54.8 Å². The molecule has 2 N–H and O–H groups in total. The standard InChI is InChI=1S/C15H20N4O4S/c1-4-19-6-5-9-10(8-19)13-11(16-14(20)15(21)17-13)7-12(9)24(22,23)18(2)3/h7H,4-6,8H2,1-3H3,(H,16,20)(H,17,21).